The highest BCUT2D eigenvalue weighted by atomic mass is 32.2. The lowest BCUT2D eigenvalue weighted by molar-refractivity contribution is 0.0491. The van der Waals surface area contributed by atoms with Gasteiger partial charge in [-0.25, -0.2) is 8.42 Å². The summed E-state index contributed by atoms with van der Waals surface area (Å²) in [5.74, 6) is -0.106. The second kappa shape index (κ2) is 7.50. The number of benzene rings is 1. The van der Waals surface area contributed by atoms with Gasteiger partial charge in [0.15, 0.2) is 5.78 Å². The summed E-state index contributed by atoms with van der Waals surface area (Å²) >= 11 is 0. The fourth-order valence-corrected chi connectivity index (χ4v) is 3.94. The van der Waals surface area contributed by atoms with E-state index < -0.39 is 16.1 Å². The van der Waals surface area contributed by atoms with Gasteiger partial charge in [-0.05, 0) is 19.1 Å². The van der Waals surface area contributed by atoms with Gasteiger partial charge in [0.05, 0.1) is 17.6 Å². The van der Waals surface area contributed by atoms with E-state index >= 15 is 0 Å². The van der Waals surface area contributed by atoms with Crippen molar-refractivity contribution in [1.82, 2.24) is 9.21 Å². The second-order valence-electron chi connectivity index (χ2n) is 5.62. The van der Waals surface area contributed by atoms with Gasteiger partial charge in [-0.2, -0.15) is 4.31 Å². The Morgan fingerprint density at radius 2 is 1.74 bits per heavy atom. The van der Waals surface area contributed by atoms with Crippen LogP contribution in [0, 0.1) is 0 Å². The molecule has 1 aromatic carbocycles. The summed E-state index contributed by atoms with van der Waals surface area (Å²) in [6.07, 6.45) is -0.808. The first-order valence-corrected chi connectivity index (χ1v) is 8.91. The number of sulfonamides is 1. The number of rotatable bonds is 6. The van der Waals surface area contributed by atoms with E-state index in [0.717, 1.165) is 0 Å². The average Bonchev–Trinajstić information content (AvgIpc) is 2.55. The highest BCUT2D eigenvalue weighted by Crippen LogP contribution is 2.18. The van der Waals surface area contributed by atoms with Crippen LogP contribution in [0.5, 0.6) is 0 Å². The predicted octanol–water partition coefficient (Wildman–Crippen LogP) is -0.451. The van der Waals surface area contributed by atoms with Gasteiger partial charge in [0.2, 0.25) is 10.0 Å². The number of ketones is 1. The minimum Gasteiger partial charge on any atom is -0.394 e. The Labute approximate surface area is 136 Å². The summed E-state index contributed by atoms with van der Waals surface area (Å²) in [6, 6.07) is 5.94. The molecular weight excluding hydrogens is 320 g/mol. The molecule has 8 heteroatoms. The Balaban J connectivity index is 2.02. The van der Waals surface area contributed by atoms with Crippen LogP contribution in [-0.4, -0.2) is 79.1 Å². The number of aliphatic hydroxyl groups is 2. The third-order valence-electron chi connectivity index (χ3n) is 3.91. The summed E-state index contributed by atoms with van der Waals surface area (Å²) in [5.41, 5.74) is 0.478. The zero-order valence-corrected chi connectivity index (χ0v) is 13.9. The molecule has 1 heterocycles. The van der Waals surface area contributed by atoms with Crippen molar-refractivity contribution >= 4 is 15.8 Å². The number of carbonyl (C=O) groups excluding carboxylic acids is 1. The molecule has 1 atom stereocenters. The first-order chi connectivity index (χ1) is 10.8. The van der Waals surface area contributed by atoms with E-state index in [2.05, 4.69) is 0 Å². The van der Waals surface area contributed by atoms with Crippen LogP contribution >= 0.6 is 0 Å². The topological polar surface area (TPSA) is 98.2 Å². The lowest BCUT2D eigenvalue weighted by atomic mass is 10.2. The summed E-state index contributed by atoms with van der Waals surface area (Å²) < 4.78 is 26.6. The molecule has 1 aromatic rings. The molecular formula is C15H22N2O5S. The van der Waals surface area contributed by atoms with Crippen LogP contribution in [0.25, 0.3) is 0 Å². The van der Waals surface area contributed by atoms with Gasteiger partial charge in [-0.15, -0.1) is 0 Å². The largest absolute Gasteiger partial charge is 0.394 e. The van der Waals surface area contributed by atoms with Crippen molar-refractivity contribution in [2.45, 2.75) is 17.9 Å². The van der Waals surface area contributed by atoms with Gasteiger partial charge in [0, 0.05) is 38.3 Å². The molecule has 1 aliphatic rings. The molecule has 0 unspecified atom stereocenters. The molecule has 23 heavy (non-hydrogen) atoms. The number of aliphatic hydroxyl groups excluding tert-OH is 2. The summed E-state index contributed by atoms with van der Waals surface area (Å²) in [7, 11) is -3.58. The molecule has 2 rings (SSSR count). The molecule has 0 spiro atoms. The van der Waals surface area contributed by atoms with E-state index in [1.165, 1.54) is 35.5 Å². The normalized spacial score (nSPS) is 18.7. The number of nitrogens with zero attached hydrogens (tertiary/aromatic N) is 2. The molecule has 128 valence electrons. The van der Waals surface area contributed by atoms with E-state index in [0.29, 0.717) is 38.3 Å². The van der Waals surface area contributed by atoms with Crippen molar-refractivity contribution in [3.05, 3.63) is 29.8 Å². The third kappa shape index (κ3) is 4.36. The molecule has 0 radical (unpaired) electrons. The van der Waals surface area contributed by atoms with Crippen molar-refractivity contribution in [1.29, 1.82) is 0 Å². The van der Waals surface area contributed by atoms with Gasteiger partial charge in [-0.3, -0.25) is 9.69 Å². The van der Waals surface area contributed by atoms with Crippen molar-refractivity contribution in [2.24, 2.45) is 0 Å². The van der Waals surface area contributed by atoms with Crippen LogP contribution in [0.1, 0.15) is 17.3 Å². The summed E-state index contributed by atoms with van der Waals surface area (Å²) in [6.45, 7) is 3.12. The number of hydrogen-bond donors (Lipinski definition) is 2. The van der Waals surface area contributed by atoms with Gasteiger partial charge in [0.25, 0.3) is 0 Å². The molecule has 0 bridgehead atoms. The smallest absolute Gasteiger partial charge is 0.243 e. The maximum Gasteiger partial charge on any atom is 0.243 e. The highest BCUT2D eigenvalue weighted by molar-refractivity contribution is 7.89. The second-order valence-corrected chi connectivity index (χ2v) is 7.56. The van der Waals surface area contributed by atoms with Gasteiger partial charge in [0.1, 0.15) is 0 Å². The lowest BCUT2D eigenvalue weighted by Gasteiger charge is -2.34. The Hall–Kier alpha value is -1.32. The third-order valence-corrected chi connectivity index (χ3v) is 5.82. The standard InChI is InChI=1S/C15H22N2O5S/c1-12(19)13-2-4-15(5-3-13)23(21,22)17-8-6-16(7-9-17)10-14(20)11-18/h2-5,14,18,20H,6-11H2,1H3/t14-/m0/s1. The fourth-order valence-electron chi connectivity index (χ4n) is 2.52. The van der Waals surface area contributed by atoms with E-state index in [-0.39, 0.29) is 17.3 Å². The Bertz CT molecular complexity index is 636. The Morgan fingerprint density at radius 1 is 1.17 bits per heavy atom. The molecule has 7 nitrogen and oxygen atoms in total. The van der Waals surface area contributed by atoms with Crippen LogP contribution in [0.3, 0.4) is 0 Å². The summed E-state index contributed by atoms with van der Waals surface area (Å²) in [5, 5.41) is 18.3. The zero-order valence-electron chi connectivity index (χ0n) is 13.1. The van der Waals surface area contributed by atoms with Crippen LogP contribution in [0.4, 0.5) is 0 Å². The Kier molecular flexibility index (Phi) is 5.88. The van der Waals surface area contributed by atoms with E-state index in [1.807, 2.05) is 4.90 Å². The quantitative estimate of drug-likeness (QED) is 0.680. The lowest BCUT2D eigenvalue weighted by Crippen LogP contribution is -2.50. The van der Waals surface area contributed by atoms with Crippen LogP contribution in [0.2, 0.25) is 0 Å². The minimum absolute atomic E-state index is 0.106. The maximum atomic E-state index is 12.6. The molecule has 1 fully saturated rings. The van der Waals surface area contributed by atoms with E-state index in [4.69, 9.17) is 5.11 Å². The average molecular weight is 342 g/mol. The number of β-amino-alcohol motifs (C(OH)–C–C–N with tert-alkyl or cyclic N) is 1. The first-order valence-electron chi connectivity index (χ1n) is 7.47. The van der Waals surface area contributed by atoms with Crippen LogP contribution in [0.15, 0.2) is 29.2 Å². The molecule has 0 aromatic heterocycles. The molecule has 1 aliphatic heterocycles. The van der Waals surface area contributed by atoms with E-state index in [1.54, 1.807) is 0 Å². The van der Waals surface area contributed by atoms with Crippen molar-refractivity contribution in [3.8, 4) is 0 Å². The molecule has 0 amide bonds. The van der Waals surface area contributed by atoms with Gasteiger partial charge >= 0.3 is 0 Å². The highest BCUT2D eigenvalue weighted by Gasteiger charge is 2.29. The minimum atomic E-state index is -3.58. The molecule has 2 N–H and O–H groups in total. The van der Waals surface area contributed by atoms with Crippen molar-refractivity contribution in [2.75, 3.05) is 39.3 Å². The van der Waals surface area contributed by atoms with Crippen LogP contribution < -0.4 is 0 Å². The number of piperazine rings is 1. The summed E-state index contributed by atoms with van der Waals surface area (Å²) in [4.78, 5) is 13.3. The Morgan fingerprint density at radius 3 is 2.22 bits per heavy atom. The maximum absolute atomic E-state index is 12.6. The number of carbonyl (C=O) groups is 1. The van der Waals surface area contributed by atoms with Crippen LogP contribution in [-0.2, 0) is 10.0 Å². The van der Waals surface area contributed by atoms with Gasteiger partial charge < -0.3 is 10.2 Å². The van der Waals surface area contributed by atoms with Crippen molar-refractivity contribution < 1.29 is 23.4 Å². The number of Topliss-reactive ketones (excluding diaryl/α,β-unsaturated/α-hetero) is 1. The molecule has 0 aliphatic carbocycles. The SMILES string of the molecule is CC(=O)c1ccc(S(=O)(=O)N2CCN(C[C@H](O)CO)CC2)cc1. The van der Waals surface area contributed by atoms with Crippen molar-refractivity contribution in [3.63, 3.8) is 0 Å². The number of hydrogen-bond acceptors (Lipinski definition) is 6. The molecule has 0 saturated carbocycles. The predicted molar refractivity (Wildman–Crippen MR) is 84.7 cm³/mol. The molecule has 1 saturated heterocycles. The zero-order chi connectivity index (χ0) is 17.0. The van der Waals surface area contributed by atoms with E-state index in [9.17, 15) is 18.3 Å². The monoisotopic (exact) mass is 342 g/mol. The first kappa shape index (κ1) is 18.0. The van der Waals surface area contributed by atoms with Gasteiger partial charge in [-0.1, -0.05) is 12.1 Å². The fraction of sp³-hybridized carbons (Fsp3) is 0.533.